The third-order valence-electron chi connectivity index (χ3n) is 3.97. The molecule has 3 nitrogen and oxygen atoms in total. The Labute approximate surface area is 99.5 Å². The smallest absolute Gasteiger partial charge is 0.0545 e. The van der Waals surface area contributed by atoms with Gasteiger partial charge >= 0.3 is 0 Å². The van der Waals surface area contributed by atoms with Gasteiger partial charge in [-0.15, -0.1) is 0 Å². The Morgan fingerprint density at radius 2 is 2.19 bits per heavy atom. The van der Waals surface area contributed by atoms with Crippen molar-refractivity contribution in [3.63, 3.8) is 0 Å². The van der Waals surface area contributed by atoms with Gasteiger partial charge in [0.25, 0.3) is 0 Å². The first-order valence-corrected chi connectivity index (χ1v) is 6.60. The number of rotatable bonds is 4. The normalized spacial score (nSPS) is 30.4. The van der Waals surface area contributed by atoms with E-state index in [1.807, 2.05) is 0 Å². The fraction of sp³-hybridized carbons (Fsp3) is 1.00. The summed E-state index contributed by atoms with van der Waals surface area (Å²) in [6.45, 7) is 10.1. The van der Waals surface area contributed by atoms with Gasteiger partial charge in [0.05, 0.1) is 13.2 Å². The van der Waals surface area contributed by atoms with Crippen molar-refractivity contribution in [3.05, 3.63) is 0 Å². The molecule has 0 amide bonds. The van der Waals surface area contributed by atoms with Crippen LogP contribution in [0, 0.1) is 11.3 Å². The van der Waals surface area contributed by atoms with Gasteiger partial charge in [0, 0.05) is 31.1 Å². The zero-order valence-electron chi connectivity index (χ0n) is 11.0. The van der Waals surface area contributed by atoms with Crippen LogP contribution in [-0.4, -0.2) is 50.8 Å². The molecular formula is C13H26N2O. The molecule has 2 saturated heterocycles. The summed E-state index contributed by atoms with van der Waals surface area (Å²) in [5.41, 5.74) is 0.478. The van der Waals surface area contributed by atoms with Gasteiger partial charge in [0.15, 0.2) is 0 Å². The molecule has 2 fully saturated rings. The fourth-order valence-electron chi connectivity index (χ4n) is 3.17. The van der Waals surface area contributed by atoms with Crippen LogP contribution in [0.1, 0.15) is 26.7 Å². The number of nitrogens with one attached hydrogen (secondary N) is 1. The summed E-state index contributed by atoms with van der Waals surface area (Å²) in [7, 11) is 2.26. The summed E-state index contributed by atoms with van der Waals surface area (Å²) in [6, 6.07) is 0.705. The molecule has 2 aliphatic rings. The molecule has 0 spiro atoms. The summed E-state index contributed by atoms with van der Waals surface area (Å²) in [6.07, 6.45) is 2.62. The van der Waals surface area contributed by atoms with Gasteiger partial charge in [-0.1, -0.05) is 13.8 Å². The molecule has 1 N–H and O–H groups in total. The lowest BCUT2D eigenvalue weighted by Gasteiger charge is -2.47. The number of hydrogen-bond donors (Lipinski definition) is 1. The quantitative estimate of drug-likeness (QED) is 0.783. The van der Waals surface area contributed by atoms with E-state index < -0.39 is 0 Å². The van der Waals surface area contributed by atoms with E-state index in [1.54, 1.807) is 0 Å². The molecular weight excluding hydrogens is 200 g/mol. The van der Waals surface area contributed by atoms with Crippen LogP contribution in [0.4, 0.5) is 0 Å². The van der Waals surface area contributed by atoms with E-state index in [1.165, 1.54) is 19.4 Å². The highest BCUT2D eigenvalue weighted by molar-refractivity contribution is 4.92. The van der Waals surface area contributed by atoms with Crippen molar-refractivity contribution in [2.75, 3.05) is 39.9 Å². The maximum absolute atomic E-state index is 5.48. The van der Waals surface area contributed by atoms with Crippen LogP contribution in [0.2, 0.25) is 0 Å². The summed E-state index contributed by atoms with van der Waals surface area (Å²) >= 11 is 0. The van der Waals surface area contributed by atoms with E-state index in [4.69, 9.17) is 4.74 Å². The summed E-state index contributed by atoms with van der Waals surface area (Å²) in [5, 5.41) is 3.51. The molecule has 0 aromatic rings. The van der Waals surface area contributed by atoms with Gasteiger partial charge in [0.1, 0.15) is 0 Å². The number of piperazine rings is 1. The lowest BCUT2D eigenvalue weighted by Crippen LogP contribution is -2.55. The van der Waals surface area contributed by atoms with Crippen molar-refractivity contribution in [2.45, 2.75) is 32.7 Å². The van der Waals surface area contributed by atoms with Crippen LogP contribution in [0.25, 0.3) is 0 Å². The van der Waals surface area contributed by atoms with E-state index in [0.717, 1.165) is 32.2 Å². The molecule has 0 radical (unpaired) electrons. The maximum atomic E-state index is 5.48. The van der Waals surface area contributed by atoms with E-state index in [2.05, 4.69) is 31.1 Å². The molecule has 2 rings (SSSR count). The number of nitrogens with zero attached hydrogens (tertiary/aromatic N) is 1. The van der Waals surface area contributed by atoms with Crippen LogP contribution >= 0.6 is 0 Å². The molecule has 0 bridgehead atoms. The second-order valence-corrected chi connectivity index (χ2v) is 6.13. The van der Waals surface area contributed by atoms with E-state index in [0.29, 0.717) is 11.5 Å². The van der Waals surface area contributed by atoms with Gasteiger partial charge in [-0.05, 0) is 25.8 Å². The largest absolute Gasteiger partial charge is 0.380 e. The van der Waals surface area contributed by atoms with Crippen LogP contribution in [0.15, 0.2) is 0 Å². The van der Waals surface area contributed by atoms with Crippen LogP contribution in [-0.2, 0) is 4.74 Å². The van der Waals surface area contributed by atoms with Crippen molar-refractivity contribution in [1.29, 1.82) is 0 Å². The van der Waals surface area contributed by atoms with Crippen molar-refractivity contribution in [2.24, 2.45) is 11.3 Å². The summed E-state index contributed by atoms with van der Waals surface area (Å²) in [5.74, 6) is 0.783. The standard InChI is InChI=1S/C13H26N2O/c1-11(2)6-13(9-16-10-13)7-12-8-14-4-5-15(12)3/h11-12,14H,4-10H2,1-3H3. The average Bonchev–Trinajstić information content (AvgIpc) is 2.17. The van der Waals surface area contributed by atoms with Crippen molar-refractivity contribution in [3.8, 4) is 0 Å². The zero-order valence-corrected chi connectivity index (χ0v) is 11.0. The van der Waals surface area contributed by atoms with Crippen molar-refractivity contribution in [1.82, 2.24) is 10.2 Å². The summed E-state index contributed by atoms with van der Waals surface area (Å²) < 4.78 is 5.48. The Bertz CT molecular complexity index is 226. The number of ether oxygens (including phenoxy) is 1. The minimum absolute atomic E-state index is 0.478. The molecule has 1 unspecified atom stereocenters. The first-order chi connectivity index (χ1) is 7.61. The second-order valence-electron chi connectivity index (χ2n) is 6.13. The Morgan fingerprint density at radius 3 is 2.69 bits per heavy atom. The zero-order chi connectivity index (χ0) is 11.6. The molecule has 1 atom stereocenters. The highest BCUT2D eigenvalue weighted by Gasteiger charge is 2.41. The van der Waals surface area contributed by atoms with Crippen LogP contribution in [0.3, 0.4) is 0 Å². The molecule has 0 aromatic carbocycles. The molecule has 94 valence electrons. The van der Waals surface area contributed by atoms with Gasteiger partial charge in [-0.25, -0.2) is 0 Å². The molecule has 2 heterocycles. The Balaban J connectivity index is 1.90. The molecule has 16 heavy (non-hydrogen) atoms. The van der Waals surface area contributed by atoms with Crippen molar-refractivity contribution < 1.29 is 4.74 Å². The number of hydrogen-bond acceptors (Lipinski definition) is 3. The van der Waals surface area contributed by atoms with E-state index in [9.17, 15) is 0 Å². The topological polar surface area (TPSA) is 24.5 Å². The molecule has 0 aromatic heterocycles. The van der Waals surface area contributed by atoms with E-state index in [-0.39, 0.29) is 0 Å². The Hall–Kier alpha value is -0.120. The SMILES string of the molecule is CC(C)CC1(CC2CNCCN2C)COC1. The first-order valence-electron chi connectivity index (χ1n) is 6.60. The molecule has 0 aliphatic carbocycles. The average molecular weight is 226 g/mol. The van der Waals surface area contributed by atoms with Crippen molar-refractivity contribution >= 4 is 0 Å². The predicted octanol–water partition coefficient (Wildman–Crippen LogP) is 1.34. The third kappa shape index (κ3) is 2.76. The predicted molar refractivity (Wildman–Crippen MR) is 66.6 cm³/mol. The lowest BCUT2D eigenvalue weighted by atomic mass is 9.73. The molecule has 2 aliphatic heterocycles. The van der Waals surface area contributed by atoms with E-state index >= 15 is 0 Å². The van der Waals surface area contributed by atoms with Gasteiger partial charge in [-0.3, -0.25) is 0 Å². The Kier molecular flexibility index (Phi) is 3.88. The van der Waals surface area contributed by atoms with Gasteiger partial charge in [0.2, 0.25) is 0 Å². The maximum Gasteiger partial charge on any atom is 0.0545 e. The second kappa shape index (κ2) is 5.03. The number of likely N-dealkylation sites (N-methyl/N-ethyl adjacent to an activating group) is 1. The minimum atomic E-state index is 0.478. The molecule has 3 heteroatoms. The first kappa shape index (κ1) is 12.3. The highest BCUT2D eigenvalue weighted by atomic mass is 16.5. The lowest BCUT2D eigenvalue weighted by molar-refractivity contribution is -0.136. The Morgan fingerprint density at radius 1 is 1.44 bits per heavy atom. The fourth-order valence-corrected chi connectivity index (χ4v) is 3.17. The molecule has 0 saturated carbocycles. The highest BCUT2D eigenvalue weighted by Crippen LogP contribution is 2.39. The van der Waals surface area contributed by atoms with Gasteiger partial charge < -0.3 is 15.0 Å². The third-order valence-corrected chi connectivity index (χ3v) is 3.97. The summed E-state index contributed by atoms with van der Waals surface area (Å²) in [4.78, 5) is 2.51. The van der Waals surface area contributed by atoms with Crippen LogP contribution < -0.4 is 5.32 Å². The minimum Gasteiger partial charge on any atom is -0.380 e. The van der Waals surface area contributed by atoms with Crippen LogP contribution in [0.5, 0.6) is 0 Å². The monoisotopic (exact) mass is 226 g/mol. The van der Waals surface area contributed by atoms with Gasteiger partial charge in [-0.2, -0.15) is 0 Å².